The van der Waals surface area contributed by atoms with Crippen molar-refractivity contribution >= 4 is 44.3 Å². The van der Waals surface area contributed by atoms with E-state index in [2.05, 4.69) is 4.90 Å². The van der Waals surface area contributed by atoms with Gasteiger partial charge in [-0.3, -0.25) is 4.79 Å². The van der Waals surface area contributed by atoms with Crippen LogP contribution in [0.25, 0.3) is 54.8 Å². The van der Waals surface area contributed by atoms with Crippen molar-refractivity contribution in [3.8, 4) is 33.6 Å². The summed E-state index contributed by atoms with van der Waals surface area (Å²) >= 11 is 1.20. The summed E-state index contributed by atoms with van der Waals surface area (Å²) in [6.07, 6.45) is -0.114. The van der Waals surface area contributed by atoms with Crippen LogP contribution in [0.4, 0.5) is 13.2 Å². The molecular formula is C40H35F3N4O3S. The summed E-state index contributed by atoms with van der Waals surface area (Å²) in [6.45, 7) is 3.68. The number of aromatic nitrogens is 2. The number of halogens is 3. The van der Waals surface area contributed by atoms with Crippen LogP contribution in [0.5, 0.6) is 0 Å². The highest BCUT2D eigenvalue weighted by atomic mass is 32.1. The lowest BCUT2D eigenvalue weighted by molar-refractivity contribution is -0.137. The zero-order valence-corrected chi connectivity index (χ0v) is 28.5. The van der Waals surface area contributed by atoms with Crippen molar-refractivity contribution < 1.29 is 27.9 Å². The van der Waals surface area contributed by atoms with Crippen LogP contribution < -0.4 is 0 Å². The second kappa shape index (κ2) is 13.3. The molecular weight excluding hydrogens is 674 g/mol. The van der Waals surface area contributed by atoms with Gasteiger partial charge in [0.1, 0.15) is 11.4 Å². The summed E-state index contributed by atoms with van der Waals surface area (Å²) in [7, 11) is 0. The summed E-state index contributed by atoms with van der Waals surface area (Å²) in [6, 6.07) is 26.4. The van der Waals surface area contributed by atoms with Crippen LogP contribution in [0.2, 0.25) is 0 Å². The fraction of sp³-hybridized carbons (Fsp3) is 0.275. The number of hydrogen-bond acceptors (Lipinski definition) is 5. The molecule has 2 aliphatic rings. The number of likely N-dealkylation sites (tertiary alicyclic amines) is 2. The van der Waals surface area contributed by atoms with Crippen LogP contribution in [0.1, 0.15) is 40.9 Å². The summed E-state index contributed by atoms with van der Waals surface area (Å²) in [4.78, 5) is 35.7. The first kappa shape index (κ1) is 33.2. The fourth-order valence-electron chi connectivity index (χ4n) is 7.68. The number of thiophene rings is 1. The van der Waals surface area contributed by atoms with Gasteiger partial charge in [0.2, 0.25) is 5.91 Å². The highest BCUT2D eigenvalue weighted by Crippen LogP contribution is 2.45. The number of nitrogens with zero attached hydrogens (tertiary/aromatic N) is 4. The van der Waals surface area contributed by atoms with Crippen molar-refractivity contribution in [3.63, 3.8) is 0 Å². The Bertz CT molecular complexity index is 2270. The minimum Gasteiger partial charge on any atom is -0.477 e. The molecule has 8 rings (SSSR count). The van der Waals surface area contributed by atoms with Crippen molar-refractivity contribution in [1.29, 1.82) is 0 Å². The average Bonchev–Trinajstić information content (AvgIpc) is 3.89. The molecule has 260 valence electrons. The van der Waals surface area contributed by atoms with Gasteiger partial charge in [-0.05, 0) is 86.3 Å². The Balaban J connectivity index is 1.21. The number of amides is 1. The van der Waals surface area contributed by atoms with Gasteiger partial charge in [-0.1, -0.05) is 54.6 Å². The van der Waals surface area contributed by atoms with E-state index in [4.69, 9.17) is 4.98 Å². The SMILES string of the molecule is O=C(O)c1cc2c(s1)c(-c1ccccc1)c(-c1ccc3nc(-c4cccc(C(F)(F)F)c4)ccc3c1)n2CC(=O)N1CCC(N2CCCC2)CC1. The van der Waals surface area contributed by atoms with Gasteiger partial charge in [0.25, 0.3) is 0 Å². The van der Waals surface area contributed by atoms with Crippen molar-refractivity contribution in [2.45, 2.75) is 44.4 Å². The second-order valence-corrected chi connectivity index (χ2v) is 14.4. The van der Waals surface area contributed by atoms with Crippen molar-refractivity contribution in [2.24, 2.45) is 0 Å². The molecule has 0 atom stereocenters. The van der Waals surface area contributed by atoms with Crippen molar-refractivity contribution in [2.75, 3.05) is 26.2 Å². The fourth-order valence-corrected chi connectivity index (χ4v) is 8.75. The summed E-state index contributed by atoms with van der Waals surface area (Å²) in [5.74, 6) is -1.03. The lowest BCUT2D eigenvalue weighted by Crippen LogP contribution is -2.46. The Hall–Kier alpha value is -5.00. The third-order valence-electron chi connectivity index (χ3n) is 10.2. The number of piperidine rings is 1. The monoisotopic (exact) mass is 708 g/mol. The van der Waals surface area contributed by atoms with Gasteiger partial charge in [-0.2, -0.15) is 13.2 Å². The van der Waals surface area contributed by atoms with Crippen LogP contribution in [0, 0.1) is 0 Å². The highest BCUT2D eigenvalue weighted by molar-refractivity contribution is 7.21. The topological polar surface area (TPSA) is 78.7 Å². The first-order valence-electron chi connectivity index (χ1n) is 17.2. The molecule has 1 N–H and O–H groups in total. The van der Waals surface area contributed by atoms with Crippen LogP contribution in [0.3, 0.4) is 0 Å². The number of alkyl halides is 3. The molecule has 51 heavy (non-hydrogen) atoms. The molecule has 5 heterocycles. The third-order valence-corrected chi connectivity index (χ3v) is 11.4. The van der Waals surface area contributed by atoms with Crippen LogP contribution >= 0.6 is 11.3 Å². The first-order valence-corrected chi connectivity index (χ1v) is 18.0. The molecule has 0 aliphatic carbocycles. The van der Waals surface area contributed by atoms with Crippen molar-refractivity contribution in [1.82, 2.24) is 19.4 Å². The number of hydrogen-bond donors (Lipinski definition) is 1. The number of carbonyl (C=O) groups excluding carboxylic acids is 1. The average molecular weight is 709 g/mol. The van der Waals surface area contributed by atoms with Gasteiger partial charge in [0.15, 0.2) is 0 Å². The van der Waals surface area contributed by atoms with Crippen molar-refractivity contribution in [3.05, 3.63) is 101 Å². The number of fused-ring (bicyclic) bond motifs is 2. The molecule has 2 aliphatic heterocycles. The molecule has 0 bridgehead atoms. The Labute approximate surface area is 296 Å². The normalized spacial score (nSPS) is 16.0. The van der Waals surface area contributed by atoms with Gasteiger partial charge >= 0.3 is 12.1 Å². The van der Waals surface area contributed by atoms with Crippen LogP contribution in [-0.4, -0.2) is 68.6 Å². The Morgan fingerprint density at radius 2 is 1.57 bits per heavy atom. The quantitative estimate of drug-likeness (QED) is 0.179. The molecule has 1 amide bonds. The second-order valence-electron chi connectivity index (χ2n) is 13.3. The standard InChI is InChI=1S/C40H35F3N4O3S/c41-40(42,43)29-10-6-9-26(22-29)31-13-11-27-21-28(12-14-32(27)44-31)37-36(25-7-2-1-3-8-25)38-33(23-34(51-38)39(49)50)47(37)24-35(48)46-19-15-30(16-20-46)45-17-4-5-18-45/h1-3,6-14,21-23,30H,4-5,15-20,24H2,(H,49,50). The number of aromatic carboxylic acids is 1. The van der Waals surface area contributed by atoms with E-state index in [0.717, 1.165) is 70.5 Å². The van der Waals surface area contributed by atoms with Crippen LogP contribution in [-0.2, 0) is 17.5 Å². The minimum atomic E-state index is -4.46. The summed E-state index contributed by atoms with van der Waals surface area (Å²) < 4.78 is 43.0. The van der Waals surface area contributed by atoms with E-state index in [9.17, 15) is 27.9 Å². The molecule has 2 saturated heterocycles. The lowest BCUT2D eigenvalue weighted by atomic mass is 9.99. The first-order chi connectivity index (χ1) is 24.6. The molecule has 0 saturated carbocycles. The van der Waals surface area contributed by atoms with Crippen LogP contribution in [0.15, 0.2) is 91.0 Å². The number of pyridine rings is 1. The maximum absolute atomic E-state index is 14.1. The minimum absolute atomic E-state index is 0.0103. The van der Waals surface area contributed by atoms with Gasteiger partial charge in [0, 0.05) is 35.6 Å². The third kappa shape index (κ3) is 6.40. The van der Waals surface area contributed by atoms with E-state index in [1.165, 1.54) is 30.2 Å². The molecule has 11 heteroatoms. The number of rotatable bonds is 7. The molecule has 3 aromatic carbocycles. The van der Waals surface area contributed by atoms with Gasteiger partial charge in [0.05, 0.1) is 32.7 Å². The number of benzene rings is 3. The number of carboxylic acids is 1. The zero-order chi connectivity index (χ0) is 35.3. The number of carboxylic acid groups (broad SMARTS) is 1. The Kier molecular flexibility index (Phi) is 8.63. The Morgan fingerprint density at radius 1 is 0.824 bits per heavy atom. The molecule has 3 aromatic heterocycles. The van der Waals surface area contributed by atoms with Gasteiger partial charge in [-0.25, -0.2) is 9.78 Å². The van der Waals surface area contributed by atoms with E-state index >= 15 is 0 Å². The Morgan fingerprint density at radius 3 is 2.29 bits per heavy atom. The predicted molar refractivity (Wildman–Crippen MR) is 194 cm³/mol. The van der Waals surface area contributed by atoms with Gasteiger partial charge in [-0.15, -0.1) is 11.3 Å². The highest BCUT2D eigenvalue weighted by Gasteiger charge is 2.32. The predicted octanol–water partition coefficient (Wildman–Crippen LogP) is 9.06. The van der Waals surface area contributed by atoms with E-state index in [1.807, 2.05) is 64.1 Å². The summed E-state index contributed by atoms with van der Waals surface area (Å²) in [5.41, 5.74) is 4.71. The van der Waals surface area contributed by atoms with E-state index in [0.29, 0.717) is 41.4 Å². The molecule has 2 fully saturated rings. The number of carbonyl (C=O) groups is 2. The largest absolute Gasteiger partial charge is 0.477 e. The smallest absolute Gasteiger partial charge is 0.416 e. The lowest BCUT2D eigenvalue weighted by Gasteiger charge is -2.36. The van der Waals surface area contributed by atoms with E-state index in [1.54, 1.807) is 18.2 Å². The molecule has 7 nitrogen and oxygen atoms in total. The maximum Gasteiger partial charge on any atom is 0.416 e. The van der Waals surface area contributed by atoms with E-state index < -0.39 is 17.7 Å². The molecule has 0 unspecified atom stereocenters. The molecule has 6 aromatic rings. The molecule has 0 radical (unpaired) electrons. The molecule has 0 spiro atoms. The van der Waals surface area contributed by atoms with Gasteiger partial charge < -0.3 is 19.5 Å². The maximum atomic E-state index is 14.1. The van der Waals surface area contributed by atoms with E-state index in [-0.39, 0.29) is 17.3 Å². The zero-order valence-electron chi connectivity index (χ0n) is 27.7. The summed E-state index contributed by atoms with van der Waals surface area (Å²) in [5, 5.41) is 10.8.